The maximum Gasteiger partial charge on any atom is 0.470 e. The zero-order valence-corrected chi connectivity index (χ0v) is 13.0. The van der Waals surface area contributed by atoms with Crippen molar-refractivity contribution in [1.29, 1.82) is 0 Å². The first kappa shape index (κ1) is 17.2. The van der Waals surface area contributed by atoms with Crippen LogP contribution in [-0.4, -0.2) is 41.8 Å². The highest BCUT2D eigenvalue weighted by molar-refractivity contribution is 7.89. The van der Waals surface area contributed by atoms with Crippen LogP contribution in [0.5, 0.6) is 0 Å². The van der Waals surface area contributed by atoms with Crippen LogP contribution in [0.25, 0.3) is 0 Å². The van der Waals surface area contributed by atoms with Gasteiger partial charge >= 0.3 is 12.1 Å². The van der Waals surface area contributed by atoms with Crippen molar-refractivity contribution in [2.75, 3.05) is 18.8 Å². The second kappa shape index (κ2) is 6.53. The summed E-state index contributed by atoms with van der Waals surface area (Å²) in [4.78, 5) is 0. The molecule has 0 aliphatic carbocycles. The highest BCUT2D eigenvalue weighted by atomic mass is 32.2. The van der Waals surface area contributed by atoms with E-state index in [4.69, 9.17) is 0 Å². The van der Waals surface area contributed by atoms with E-state index in [1.807, 2.05) is 6.92 Å². The molecule has 2 rings (SSSR count). The molecule has 0 amide bonds. The predicted molar refractivity (Wildman–Crippen MR) is 71.5 cm³/mol. The molecule has 1 unspecified atom stereocenters. The number of unbranched alkanes of at least 4 members (excludes halogenated alkanes) is 1. The smallest absolute Gasteiger partial charge is 0.417 e. The summed E-state index contributed by atoms with van der Waals surface area (Å²) in [6, 6.07) is 0. The summed E-state index contributed by atoms with van der Waals surface area (Å²) in [6.07, 6.45) is -2.29. The first-order valence-corrected chi connectivity index (χ1v) is 8.73. The lowest BCUT2D eigenvalue weighted by atomic mass is 10.00. The van der Waals surface area contributed by atoms with E-state index < -0.39 is 28.0 Å². The van der Waals surface area contributed by atoms with Crippen molar-refractivity contribution in [2.24, 2.45) is 0 Å². The summed E-state index contributed by atoms with van der Waals surface area (Å²) in [5.74, 6) is -1.99. The van der Waals surface area contributed by atoms with Crippen molar-refractivity contribution in [3.63, 3.8) is 0 Å². The van der Waals surface area contributed by atoms with Gasteiger partial charge in [-0.3, -0.25) is 0 Å². The predicted octanol–water partition coefficient (Wildman–Crippen LogP) is 2.40. The molecule has 0 spiro atoms. The van der Waals surface area contributed by atoms with Crippen molar-refractivity contribution < 1.29 is 26.0 Å². The number of alkyl halides is 3. The van der Waals surface area contributed by atoms with Crippen LogP contribution in [0.3, 0.4) is 0 Å². The fourth-order valence-electron chi connectivity index (χ4n) is 2.37. The Morgan fingerprint density at radius 2 is 2.09 bits per heavy atom. The topological polar surface area (TPSA) is 76.3 Å². The number of halogens is 3. The van der Waals surface area contributed by atoms with Crippen LogP contribution in [0.15, 0.2) is 4.42 Å². The summed E-state index contributed by atoms with van der Waals surface area (Å²) in [5.41, 5.74) is 0. The molecule has 1 aromatic heterocycles. The van der Waals surface area contributed by atoms with Crippen LogP contribution in [0, 0.1) is 0 Å². The number of hydrogen-bond donors (Lipinski definition) is 0. The van der Waals surface area contributed by atoms with Gasteiger partial charge in [0, 0.05) is 13.1 Å². The number of hydrogen-bond acceptors (Lipinski definition) is 5. The average Bonchev–Trinajstić information content (AvgIpc) is 2.95. The Morgan fingerprint density at radius 3 is 2.68 bits per heavy atom. The molecule has 10 heteroatoms. The maximum atomic E-state index is 12.5. The van der Waals surface area contributed by atoms with E-state index in [0.717, 1.165) is 6.42 Å². The number of rotatable bonds is 5. The Kier molecular flexibility index (Phi) is 5.10. The largest absolute Gasteiger partial charge is 0.470 e. The third-order valence-corrected chi connectivity index (χ3v) is 5.49. The molecule has 1 aliphatic heterocycles. The van der Waals surface area contributed by atoms with Crippen molar-refractivity contribution in [2.45, 2.75) is 44.7 Å². The fourth-order valence-corrected chi connectivity index (χ4v) is 4.09. The van der Waals surface area contributed by atoms with Crippen molar-refractivity contribution in [3.8, 4) is 0 Å². The third-order valence-electron chi connectivity index (χ3n) is 3.57. The molecule has 22 heavy (non-hydrogen) atoms. The maximum absolute atomic E-state index is 12.5. The van der Waals surface area contributed by atoms with E-state index in [1.54, 1.807) is 0 Å². The number of aromatic nitrogens is 2. The molecule has 0 aromatic carbocycles. The molecule has 1 atom stereocenters. The summed E-state index contributed by atoms with van der Waals surface area (Å²) in [7, 11) is -3.39. The van der Waals surface area contributed by atoms with Crippen LogP contribution in [-0.2, 0) is 16.2 Å². The zero-order chi connectivity index (χ0) is 16.4. The summed E-state index contributed by atoms with van der Waals surface area (Å²) in [6.45, 7) is 2.36. The quantitative estimate of drug-likeness (QED) is 0.822. The Hall–Kier alpha value is -1.16. The van der Waals surface area contributed by atoms with Crippen LogP contribution < -0.4 is 0 Å². The molecule has 0 bridgehead atoms. The normalized spacial score (nSPS) is 21.2. The Morgan fingerprint density at radius 1 is 1.36 bits per heavy atom. The number of piperidine rings is 1. The lowest BCUT2D eigenvalue weighted by Gasteiger charge is -2.30. The lowest BCUT2D eigenvalue weighted by molar-refractivity contribution is -0.157. The molecule has 0 radical (unpaired) electrons. The minimum Gasteiger partial charge on any atom is -0.417 e. The molecule has 126 valence electrons. The van der Waals surface area contributed by atoms with Crippen LogP contribution in [0.1, 0.15) is 50.3 Å². The molecule has 1 fully saturated rings. The van der Waals surface area contributed by atoms with Gasteiger partial charge in [0.15, 0.2) is 0 Å². The van der Waals surface area contributed by atoms with Crippen LogP contribution >= 0.6 is 0 Å². The Balaban J connectivity index is 2.09. The van der Waals surface area contributed by atoms with Gasteiger partial charge in [-0.2, -0.15) is 13.2 Å². The number of nitrogens with zero attached hydrogens (tertiary/aromatic N) is 3. The minimum atomic E-state index is -4.69. The SMILES string of the molecule is CCCCS(=O)(=O)N1CCCC(c2nnc(C(F)(F)F)o2)C1. The van der Waals surface area contributed by atoms with E-state index in [1.165, 1.54) is 4.31 Å². The lowest BCUT2D eigenvalue weighted by Crippen LogP contribution is -2.40. The van der Waals surface area contributed by atoms with Gasteiger partial charge in [0.2, 0.25) is 15.9 Å². The van der Waals surface area contributed by atoms with Gasteiger partial charge in [0.1, 0.15) is 0 Å². The van der Waals surface area contributed by atoms with Gasteiger partial charge in [0.05, 0.1) is 11.7 Å². The Bertz CT molecular complexity index is 600. The first-order chi connectivity index (χ1) is 10.2. The van der Waals surface area contributed by atoms with E-state index in [9.17, 15) is 21.6 Å². The van der Waals surface area contributed by atoms with Crippen molar-refractivity contribution in [1.82, 2.24) is 14.5 Å². The van der Waals surface area contributed by atoms with Gasteiger partial charge in [-0.25, -0.2) is 12.7 Å². The molecule has 2 heterocycles. The number of sulfonamides is 1. The fraction of sp³-hybridized carbons (Fsp3) is 0.833. The van der Waals surface area contributed by atoms with Crippen LogP contribution in [0.4, 0.5) is 13.2 Å². The minimum absolute atomic E-state index is 0.0495. The van der Waals surface area contributed by atoms with Gasteiger partial charge in [0.25, 0.3) is 0 Å². The van der Waals surface area contributed by atoms with E-state index in [2.05, 4.69) is 14.6 Å². The van der Waals surface area contributed by atoms with Crippen LogP contribution in [0.2, 0.25) is 0 Å². The first-order valence-electron chi connectivity index (χ1n) is 7.12. The molecular weight excluding hydrogens is 323 g/mol. The van der Waals surface area contributed by atoms with Crippen molar-refractivity contribution in [3.05, 3.63) is 11.8 Å². The average molecular weight is 341 g/mol. The van der Waals surface area contributed by atoms with Gasteiger partial charge in [-0.15, -0.1) is 10.2 Å². The van der Waals surface area contributed by atoms with Gasteiger partial charge in [-0.1, -0.05) is 13.3 Å². The molecule has 1 aliphatic rings. The zero-order valence-electron chi connectivity index (χ0n) is 12.1. The summed E-state index contributed by atoms with van der Waals surface area (Å²) < 4.78 is 67.7. The summed E-state index contributed by atoms with van der Waals surface area (Å²) >= 11 is 0. The molecule has 6 nitrogen and oxygen atoms in total. The highest BCUT2D eigenvalue weighted by Gasteiger charge is 2.40. The van der Waals surface area contributed by atoms with Gasteiger partial charge < -0.3 is 4.42 Å². The summed E-state index contributed by atoms with van der Waals surface area (Å²) in [5, 5.41) is 6.42. The van der Waals surface area contributed by atoms with E-state index in [-0.39, 0.29) is 18.2 Å². The molecule has 1 saturated heterocycles. The monoisotopic (exact) mass is 341 g/mol. The highest BCUT2D eigenvalue weighted by Crippen LogP contribution is 2.32. The Labute approximate surface area is 126 Å². The van der Waals surface area contributed by atoms with E-state index >= 15 is 0 Å². The molecule has 0 saturated carbocycles. The molecule has 0 N–H and O–H groups in total. The standard InChI is InChI=1S/C12H18F3N3O3S/c1-2-3-7-22(19,20)18-6-4-5-9(8-18)10-16-17-11(21-10)12(13,14)15/h9H,2-8H2,1H3. The second-order valence-corrected chi connectivity index (χ2v) is 7.40. The molecule has 1 aromatic rings. The third kappa shape index (κ3) is 3.97. The van der Waals surface area contributed by atoms with Crippen molar-refractivity contribution >= 4 is 10.0 Å². The van der Waals surface area contributed by atoms with Gasteiger partial charge in [-0.05, 0) is 19.3 Å². The second-order valence-electron chi connectivity index (χ2n) is 5.31. The molecular formula is C12H18F3N3O3S. The van der Waals surface area contributed by atoms with E-state index in [0.29, 0.717) is 25.8 Å².